The molecule has 4 rings (SSSR count). The lowest BCUT2D eigenvalue weighted by molar-refractivity contribution is 0.191. The summed E-state index contributed by atoms with van der Waals surface area (Å²) < 4.78 is 32.4. The number of aromatic nitrogens is 3. The van der Waals surface area contributed by atoms with Gasteiger partial charge in [-0.3, -0.25) is 0 Å². The number of benzene rings is 2. The summed E-state index contributed by atoms with van der Waals surface area (Å²) >= 11 is 6.52. The topological polar surface area (TPSA) is 119 Å². The van der Waals surface area contributed by atoms with Crippen LogP contribution < -0.4 is 19.9 Å². The minimum Gasteiger partial charge on any atom is -0.496 e. The van der Waals surface area contributed by atoms with Crippen molar-refractivity contribution in [2.24, 2.45) is 0 Å². The predicted octanol–water partition coefficient (Wildman–Crippen LogP) is 3.27. The number of imidazole rings is 1. The normalized spacial score (nSPS) is 11.1. The van der Waals surface area contributed by atoms with Crippen molar-refractivity contribution in [3.05, 3.63) is 74.5 Å². The van der Waals surface area contributed by atoms with Crippen LogP contribution in [0.5, 0.6) is 17.2 Å². The average Bonchev–Trinajstić information content (AvgIpc) is 3.18. The quantitative estimate of drug-likeness (QED) is 0.321. The third kappa shape index (κ3) is 4.81. The highest BCUT2D eigenvalue weighted by atomic mass is 35.5. The van der Waals surface area contributed by atoms with Gasteiger partial charge in [0.05, 0.1) is 47.8 Å². The summed E-state index contributed by atoms with van der Waals surface area (Å²) in [4.78, 5) is 20.0. The van der Waals surface area contributed by atoms with Gasteiger partial charge in [-0.2, -0.15) is 0 Å². The van der Waals surface area contributed by atoms with Crippen LogP contribution in [0.15, 0.2) is 41.2 Å². The molecular formula is C24H23ClFN3O6. The maximum absolute atomic E-state index is 14.4. The van der Waals surface area contributed by atoms with Crippen molar-refractivity contribution in [2.75, 3.05) is 20.3 Å². The third-order valence-electron chi connectivity index (χ3n) is 5.33. The molecule has 3 N–H and O–H groups in total. The van der Waals surface area contributed by atoms with Crippen molar-refractivity contribution in [2.45, 2.75) is 20.1 Å². The third-order valence-corrected chi connectivity index (χ3v) is 5.63. The monoisotopic (exact) mass is 503 g/mol. The van der Waals surface area contributed by atoms with Crippen LogP contribution in [-0.4, -0.2) is 45.1 Å². The van der Waals surface area contributed by atoms with E-state index in [1.165, 1.54) is 35.9 Å². The summed E-state index contributed by atoms with van der Waals surface area (Å²) in [6.07, 6.45) is 0. The SMILES string of the molecule is COc1cccc(F)c1COc1cc(-n2c(=O)[nH]c3c(C)cc(CO)nc32)c(Cl)cc1OCCO. The molecule has 0 fully saturated rings. The zero-order chi connectivity index (χ0) is 25.1. The van der Waals surface area contributed by atoms with Crippen molar-refractivity contribution in [3.63, 3.8) is 0 Å². The Labute approximate surface area is 204 Å². The molecule has 4 aromatic rings. The maximum atomic E-state index is 14.4. The van der Waals surface area contributed by atoms with E-state index in [1.54, 1.807) is 19.1 Å². The van der Waals surface area contributed by atoms with E-state index in [-0.39, 0.29) is 59.8 Å². The number of ether oxygens (including phenoxy) is 3. The van der Waals surface area contributed by atoms with Crippen molar-refractivity contribution in [1.29, 1.82) is 0 Å². The van der Waals surface area contributed by atoms with E-state index in [1.807, 2.05) is 0 Å². The van der Waals surface area contributed by atoms with Crippen LogP contribution in [0.25, 0.3) is 16.9 Å². The van der Waals surface area contributed by atoms with Gasteiger partial charge in [-0.25, -0.2) is 18.7 Å². The molecule has 0 aliphatic heterocycles. The van der Waals surface area contributed by atoms with Crippen LogP contribution in [0.4, 0.5) is 4.39 Å². The molecule has 0 atom stereocenters. The van der Waals surface area contributed by atoms with E-state index in [0.29, 0.717) is 17.0 Å². The number of nitrogens with zero attached hydrogens (tertiary/aromatic N) is 2. The number of aryl methyl sites for hydroxylation is 1. The highest BCUT2D eigenvalue weighted by molar-refractivity contribution is 6.32. The summed E-state index contributed by atoms with van der Waals surface area (Å²) in [5, 5.41) is 18.9. The fourth-order valence-corrected chi connectivity index (χ4v) is 3.94. The second-order valence-electron chi connectivity index (χ2n) is 7.58. The molecule has 2 heterocycles. The van der Waals surface area contributed by atoms with E-state index in [2.05, 4.69) is 9.97 Å². The molecule has 0 spiro atoms. The molecule has 0 aliphatic rings. The van der Waals surface area contributed by atoms with E-state index in [9.17, 15) is 19.4 Å². The van der Waals surface area contributed by atoms with Gasteiger partial charge >= 0.3 is 5.69 Å². The standard InChI is InChI=1S/C24H23ClFN3O6/c1-13-8-14(11-31)27-23-22(13)28-24(32)29(23)18-10-21(20(9-16(18)25)34-7-6-30)35-12-15-17(26)4-3-5-19(15)33-2/h3-5,8-10,30-31H,6-7,11-12H2,1-2H3,(H,28,32). The minimum absolute atomic E-state index is 0.0390. The number of H-pyrrole nitrogens is 1. The number of nitrogens with one attached hydrogen (secondary N) is 1. The van der Waals surface area contributed by atoms with Crippen molar-refractivity contribution in [3.8, 4) is 22.9 Å². The van der Waals surface area contributed by atoms with E-state index in [4.69, 9.17) is 25.8 Å². The number of fused-ring (bicyclic) bond motifs is 1. The summed E-state index contributed by atoms with van der Waals surface area (Å²) in [5.41, 5.74) is 1.78. The fourth-order valence-electron chi connectivity index (χ4n) is 3.70. The molecule has 0 amide bonds. The van der Waals surface area contributed by atoms with Crippen molar-refractivity contribution < 1.29 is 28.8 Å². The maximum Gasteiger partial charge on any atom is 0.332 e. The Kier molecular flexibility index (Phi) is 7.25. The van der Waals surface area contributed by atoms with Crippen LogP contribution in [0.2, 0.25) is 5.02 Å². The van der Waals surface area contributed by atoms with E-state index >= 15 is 0 Å². The van der Waals surface area contributed by atoms with Crippen molar-refractivity contribution in [1.82, 2.24) is 14.5 Å². The lowest BCUT2D eigenvalue weighted by Gasteiger charge is -2.17. The van der Waals surface area contributed by atoms with Crippen LogP contribution >= 0.6 is 11.6 Å². The predicted molar refractivity (Wildman–Crippen MR) is 127 cm³/mol. The van der Waals surface area contributed by atoms with Crippen molar-refractivity contribution >= 4 is 22.8 Å². The Morgan fingerprint density at radius 2 is 1.91 bits per heavy atom. The Balaban J connectivity index is 1.83. The zero-order valence-corrected chi connectivity index (χ0v) is 19.7. The molecule has 11 heteroatoms. The number of hydrogen-bond donors (Lipinski definition) is 3. The molecule has 184 valence electrons. The summed E-state index contributed by atoms with van der Waals surface area (Å²) in [6, 6.07) is 9.00. The molecule has 0 aliphatic carbocycles. The van der Waals surface area contributed by atoms with Gasteiger partial charge in [0.15, 0.2) is 17.1 Å². The molecule has 0 radical (unpaired) electrons. The molecule has 0 saturated carbocycles. The number of hydrogen-bond acceptors (Lipinski definition) is 7. The average molecular weight is 504 g/mol. The summed E-state index contributed by atoms with van der Waals surface area (Å²) in [7, 11) is 1.42. The van der Waals surface area contributed by atoms with Gasteiger partial charge in [-0.15, -0.1) is 0 Å². The molecule has 9 nitrogen and oxygen atoms in total. The Bertz CT molecular complexity index is 1440. The fraction of sp³-hybridized carbons (Fsp3) is 0.250. The Morgan fingerprint density at radius 1 is 1.14 bits per heavy atom. The first-order valence-corrected chi connectivity index (χ1v) is 11.0. The smallest absolute Gasteiger partial charge is 0.332 e. The van der Waals surface area contributed by atoms with Gasteiger partial charge in [0.1, 0.15) is 24.8 Å². The number of aliphatic hydroxyl groups is 2. The first-order valence-electron chi connectivity index (χ1n) is 10.6. The minimum atomic E-state index is -0.514. The zero-order valence-electron chi connectivity index (χ0n) is 19.0. The molecular weight excluding hydrogens is 481 g/mol. The Hall–Kier alpha value is -3.60. The number of pyridine rings is 1. The number of aliphatic hydroxyl groups excluding tert-OH is 2. The molecule has 35 heavy (non-hydrogen) atoms. The number of aromatic amines is 1. The van der Waals surface area contributed by atoms with Gasteiger partial charge in [0.25, 0.3) is 0 Å². The van der Waals surface area contributed by atoms with Gasteiger partial charge in [0, 0.05) is 12.1 Å². The lowest BCUT2D eigenvalue weighted by atomic mass is 10.2. The first kappa shape index (κ1) is 24.5. The lowest BCUT2D eigenvalue weighted by Crippen LogP contribution is -2.16. The number of rotatable bonds is 9. The van der Waals surface area contributed by atoms with Gasteiger partial charge in [0.2, 0.25) is 0 Å². The van der Waals surface area contributed by atoms with Crippen LogP contribution in [0.1, 0.15) is 16.8 Å². The van der Waals surface area contributed by atoms with E-state index in [0.717, 1.165) is 5.56 Å². The number of halogens is 2. The molecule has 2 aromatic heterocycles. The van der Waals surface area contributed by atoms with Crippen LogP contribution in [0, 0.1) is 12.7 Å². The highest BCUT2D eigenvalue weighted by Crippen LogP contribution is 2.37. The largest absolute Gasteiger partial charge is 0.496 e. The summed E-state index contributed by atoms with van der Waals surface area (Å²) in [6.45, 7) is 0.975. The molecule has 0 saturated heterocycles. The van der Waals surface area contributed by atoms with Crippen LogP contribution in [0.3, 0.4) is 0 Å². The second kappa shape index (κ2) is 10.3. The first-order chi connectivity index (χ1) is 16.9. The second-order valence-corrected chi connectivity index (χ2v) is 7.99. The van der Waals surface area contributed by atoms with Crippen LogP contribution in [-0.2, 0) is 13.2 Å². The number of methoxy groups -OCH3 is 1. The molecule has 0 bridgehead atoms. The summed E-state index contributed by atoms with van der Waals surface area (Å²) in [5.74, 6) is 0.136. The molecule has 0 unspecified atom stereocenters. The van der Waals surface area contributed by atoms with E-state index < -0.39 is 11.5 Å². The molecule has 2 aromatic carbocycles. The highest BCUT2D eigenvalue weighted by Gasteiger charge is 2.20. The van der Waals surface area contributed by atoms with Gasteiger partial charge < -0.3 is 29.4 Å². The Morgan fingerprint density at radius 3 is 2.63 bits per heavy atom. The van der Waals surface area contributed by atoms with Gasteiger partial charge in [-0.1, -0.05) is 17.7 Å². The van der Waals surface area contributed by atoms with Gasteiger partial charge in [-0.05, 0) is 30.7 Å².